The summed E-state index contributed by atoms with van der Waals surface area (Å²) in [7, 11) is 0. The first-order valence-corrected chi connectivity index (χ1v) is 10.8. The molecule has 0 bridgehead atoms. The third-order valence-corrected chi connectivity index (χ3v) is 5.80. The zero-order valence-electron chi connectivity index (χ0n) is 17.4. The van der Waals surface area contributed by atoms with Gasteiger partial charge in [0.2, 0.25) is 0 Å². The zero-order chi connectivity index (χ0) is 22.5. The fourth-order valence-electron chi connectivity index (χ4n) is 3.15. The van der Waals surface area contributed by atoms with E-state index in [0.29, 0.717) is 17.0 Å². The molecule has 1 saturated heterocycles. The smallest absolute Gasteiger partial charge is 0.293 e. The van der Waals surface area contributed by atoms with Gasteiger partial charge >= 0.3 is 0 Å². The first kappa shape index (κ1) is 21.5. The van der Waals surface area contributed by atoms with E-state index in [1.165, 1.54) is 6.33 Å². The van der Waals surface area contributed by atoms with E-state index in [1.54, 1.807) is 29.2 Å². The number of imide groups is 1. The molecule has 1 N–H and O–H groups in total. The molecule has 0 radical (unpaired) electrons. The number of nitrogens with one attached hydrogen (secondary N) is 1. The highest BCUT2D eigenvalue weighted by Gasteiger charge is 2.34. The van der Waals surface area contributed by atoms with Crippen molar-refractivity contribution in [3.8, 4) is 0 Å². The highest BCUT2D eigenvalue weighted by Crippen LogP contribution is 2.31. The topological polar surface area (TPSA) is 97.2 Å². The van der Waals surface area contributed by atoms with Gasteiger partial charge in [-0.25, -0.2) is 9.67 Å². The molecule has 1 aliphatic rings. The Labute approximate surface area is 189 Å². The SMILES string of the molecule is Cc1ccc(/C=C2\SC(=O)N(CCNC(=O)c3ccc(Cn4cncn4)cc3)C2=O)cc1. The number of aryl methyl sites for hydroxylation is 1. The largest absolute Gasteiger partial charge is 0.350 e. The first-order valence-electron chi connectivity index (χ1n) is 10.0. The number of thioether (sulfide) groups is 1. The monoisotopic (exact) mass is 447 g/mol. The van der Waals surface area contributed by atoms with E-state index in [-0.39, 0.29) is 30.1 Å². The zero-order valence-corrected chi connectivity index (χ0v) is 18.2. The van der Waals surface area contributed by atoms with Crippen LogP contribution in [0.3, 0.4) is 0 Å². The molecule has 0 unspecified atom stereocenters. The van der Waals surface area contributed by atoms with Gasteiger partial charge < -0.3 is 5.32 Å². The molecule has 9 heteroatoms. The van der Waals surface area contributed by atoms with Crippen LogP contribution in [0.4, 0.5) is 4.79 Å². The Morgan fingerprint density at radius 3 is 2.53 bits per heavy atom. The van der Waals surface area contributed by atoms with E-state index in [9.17, 15) is 14.4 Å². The second kappa shape index (κ2) is 9.61. The van der Waals surface area contributed by atoms with Gasteiger partial charge in [-0.3, -0.25) is 19.3 Å². The molecule has 2 heterocycles. The van der Waals surface area contributed by atoms with Crippen molar-refractivity contribution in [2.45, 2.75) is 13.5 Å². The molecule has 3 aromatic rings. The van der Waals surface area contributed by atoms with Crippen LogP contribution in [0.1, 0.15) is 27.0 Å². The number of hydrogen-bond acceptors (Lipinski definition) is 6. The van der Waals surface area contributed by atoms with Gasteiger partial charge in [0.1, 0.15) is 12.7 Å². The third-order valence-electron chi connectivity index (χ3n) is 4.90. The molecule has 0 atom stereocenters. The van der Waals surface area contributed by atoms with Crippen molar-refractivity contribution in [3.63, 3.8) is 0 Å². The highest BCUT2D eigenvalue weighted by atomic mass is 32.2. The first-order chi connectivity index (χ1) is 15.5. The molecule has 0 spiro atoms. The molecule has 0 aliphatic carbocycles. The Hall–Kier alpha value is -3.72. The lowest BCUT2D eigenvalue weighted by atomic mass is 10.1. The van der Waals surface area contributed by atoms with Crippen LogP contribution in [0.5, 0.6) is 0 Å². The summed E-state index contributed by atoms with van der Waals surface area (Å²) >= 11 is 0.913. The number of amides is 3. The standard InChI is InChI=1S/C23H21N5O3S/c1-16-2-4-17(5-3-16)12-20-22(30)28(23(31)32-20)11-10-25-21(29)19-8-6-18(7-9-19)13-27-15-24-14-26-27/h2-9,12,14-15H,10-11,13H2,1H3,(H,25,29)/b20-12-. The van der Waals surface area contributed by atoms with Gasteiger partial charge in [-0.15, -0.1) is 0 Å². The molecule has 1 aliphatic heterocycles. The highest BCUT2D eigenvalue weighted by molar-refractivity contribution is 8.18. The molecule has 4 rings (SSSR count). The summed E-state index contributed by atoms with van der Waals surface area (Å²) in [4.78, 5) is 42.7. The molecule has 3 amide bonds. The van der Waals surface area contributed by atoms with Crippen molar-refractivity contribution in [1.29, 1.82) is 0 Å². The molecule has 1 fully saturated rings. The minimum absolute atomic E-state index is 0.117. The average molecular weight is 448 g/mol. The number of benzene rings is 2. The lowest BCUT2D eigenvalue weighted by molar-refractivity contribution is -0.122. The molecule has 162 valence electrons. The Balaban J connectivity index is 1.30. The van der Waals surface area contributed by atoms with E-state index in [4.69, 9.17) is 0 Å². The second-order valence-electron chi connectivity index (χ2n) is 7.29. The van der Waals surface area contributed by atoms with Crippen molar-refractivity contribution < 1.29 is 14.4 Å². The number of hydrogen-bond donors (Lipinski definition) is 1. The minimum atomic E-state index is -0.340. The maximum atomic E-state index is 12.6. The van der Waals surface area contributed by atoms with E-state index >= 15 is 0 Å². The number of nitrogens with zero attached hydrogens (tertiary/aromatic N) is 4. The summed E-state index contributed by atoms with van der Waals surface area (Å²) in [5, 5.41) is 6.48. The summed E-state index contributed by atoms with van der Waals surface area (Å²) < 4.78 is 1.69. The lowest BCUT2D eigenvalue weighted by Gasteiger charge is -2.13. The predicted octanol–water partition coefficient (Wildman–Crippen LogP) is 3.10. The van der Waals surface area contributed by atoms with Gasteiger partial charge in [0, 0.05) is 18.7 Å². The summed E-state index contributed by atoms with van der Waals surface area (Å²) in [6, 6.07) is 14.9. The van der Waals surface area contributed by atoms with Gasteiger partial charge in [0.05, 0.1) is 11.4 Å². The van der Waals surface area contributed by atoms with Crippen LogP contribution in [0.2, 0.25) is 0 Å². The van der Waals surface area contributed by atoms with Crippen LogP contribution in [-0.4, -0.2) is 49.8 Å². The number of carbonyl (C=O) groups is 3. The summed E-state index contributed by atoms with van der Waals surface area (Å²) in [5.41, 5.74) is 3.48. The number of aromatic nitrogens is 3. The normalized spacial score (nSPS) is 14.9. The molecule has 1 aromatic heterocycles. The van der Waals surface area contributed by atoms with E-state index in [0.717, 1.165) is 33.4 Å². The Kier molecular flexibility index (Phi) is 6.46. The Bertz CT molecular complexity index is 1160. The maximum absolute atomic E-state index is 12.6. The summed E-state index contributed by atoms with van der Waals surface area (Å²) in [5.74, 6) is -0.605. The minimum Gasteiger partial charge on any atom is -0.350 e. The van der Waals surface area contributed by atoms with Crippen LogP contribution in [-0.2, 0) is 11.3 Å². The maximum Gasteiger partial charge on any atom is 0.293 e. The second-order valence-corrected chi connectivity index (χ2v) is 8.28. The van der Waals surface area contributed by atoms with Gasteiger partial charge in [0.15, 0.2) is 0 Å². The molecular weight excluding hydrogens is 426 g/mol. The summed E-state index contributed by atoms with van der Waals surface area (Å²) in [6.45, 7) is 2.85. The van der Waals surface area contributed by atoms with Gasteiger partial charge in [-0.05, 0) is 48.0 Å². The van der Waals surface area contributed by atoms with E-state index in [2.05, 4.69) is 15.4 Å². The van der Waals surface area contributed by atoms with Crippen LogP contribution in [0.25, 0.3) is 6.08 Å². The molecule has 8 nitrogen and oxygen atoms in total. The molecular formula is C23H21N5O3S. The predicted molar refractivity (Wildman–Crippen MR) is 122 cm³/mol. The van der Waals surface area contributed by atoms with Gasteiger partial charge in [-0.1, -0.05) is 42.0 Å². The number of carbonyl (C=O) groups excluding carboxylic acids is 3. The Morgan fingerprint density at radius 1 is 1.09 bits per heavy atom. The van der Waals surface area contributed by atoms with Gasteiger partial charge in [-0.2, -0.15) is 5.10 Å². The van der Waals surface area contributed by atoms with Crippen LogP contribution < -0.4 is 5.32 Å². The fourth-order valence-corrected chi connectivity index (χ4v) is 4.02. The number of rotatable bonds is 7. The van der Waals surface area contributed by atoms with Crippen molar-refractivity contribution in [2.24, 2.45) is 0 Å². The average Bonchev–Trinajstić information content (AvgIpc) is 3.39. The van der Waals surface area contributed by atoms with E-state index < -0.39 is 0 Å². The van der Waals surface area contributed by atoms with Crippen molar-refractivity contribution in [3.05, 3.63) is 88.3 Å². The van der Waals surface area contributed by atoms with Gasteiger partial charge in [0.25, 0.3) is 17.1 Å². The fraction of sp³-hybridized carbons (Fsp3) is 0.174. The Morgan fingerprint density at radius 2 is 1.84 bits per heavy atom. The lowest BCUT2D eigenvalue weighted by Crippen LogP contribution is -2.37. The van der Waals surface area contributed by atoms with Crippen LogP contribution in [0, 0.1) is 6.92 Å². The van der Waals surface area contributed by atoms with Crippen molar-refractivity contribution in [2.75, 3.05) is 13.1 Å². The van der Waals surface area contributed by atoms with Crippen molar-refractivity contribution in [1.82, 2.24) is 25.0 Å². The quantitative estimate of drug-likeness (QED) is 0.559. The van der Waals surface area contributed by atoms with Crippen molar-refractivity contribution >= 4 is 34.9 Å². The van der Waals surface area contributed by atoms with E-state index in [1.807, 2.05) is 43.3 Å². The molecule has 0 saturated carbocycles. The van der Waals surface area contributed by atoms with Crippen LogP contribution in [0.15, 0.2) is 66.1 Å². The van der Waals surface area contributed by atoms with Crippen LogP contribution >= 0.6 is 11.8 Å². The summed E-state index contributed by atoms with van der Waals surface area (Å²) in [6.07, 6.45) is 4.81. The molecule has 2 aromatic carbocycles. The molecule has 32 heavy (non-hydrogen) atoms. The third kappa shape index (κ3) is 5.12.